The number of benzene rings is 1. The molecule has 1 amide bonds. The highest BCUT2D eigenvalue weighted by Crippen LogP contribution is 2.53. The average molecular weight is 559 g/mol. The number of aliphatic hydroxyl groups is 3. The number of aliphatic hydroxyl groups excluding tert-OH is 2. The number of amides is 1. The van der Waals surface area contributed by atoms with Gasteiger partial charge in [0.15, 0.2) is 11.4 Å². The van der Waals surface area contributed by atoms with Crippen molar-refractivity contribution < 1.29 is 34.8 Å². The van der Waals surface area contributed by atoms with Gasteiger partial charge in [-0.2, -0.15) is 0 Å². The quantitative estimate of drug-likeness (QED) is 0.269. The van der Waals surface area contributed by atoms with E-state index >= 15 is 0 Å². The number of nitrogens with zero attached hydrogens (tertiary/aromatic N) is 3. The van der Waals surface area contributed by atoms with Gasteiger partial charge in [-0.1, -0.05) is 12.0 Å². The molecule has 0 unspecified atom stereocenters. The van der Waals surface area contributed by atoms with Crippen molar-refractivity contribution in [1.29, 1.82) is 0 Å². The summed E-state index contributed by atoms with van der Waals surface area (Å²) in [6, 6.07) is 5.82. The number of rotatable bonds is 3. The molecule has 0 bridgehead atoms. The summed E-state index contributed by atoms with van der Waals surface area (Å²) in [5.41, 5.74) is 3.29. The number of primary amides is 1. The van der Waals surface area contributed by atoms with Crippen LogP contribution in [0, 0.1) is 23.7 Å². The molecule has 5 rings (SSSR count). The van der Waals surface area contributed by atoms with E-state index < -0.39 is 63.8 Å². The molecular formula is C30H30N4O7. The molecule has 2 aromatic rings. The molecule has 0 aliphatic heterocycles. The number of hydrogen-bond donors (Lipinski definition) is 5. The van der Waals surface area contributed by atoms with Gasteiger partial charge in [0, 0.05) is 37.5 Å². The topological polar surface area (TPSA) is 178 Å². The predicted octanol–water partition coefficient (Wildman–Crippen LogP) is 0.981. The van der Waals surface area contributed by atoms with Gasteiger partial charge in [-0.3, -0.25) is 19.3 Å². The number of ketones is 2. The van der Waals surface area contributed by atoms with Crippen molar-refractivity contribution in [3.63, 3.8) is 0 Å². The van der Waals surface area contributed by atoms with Crippen LogP contribution in [0.2, 0.25) is 0 Å². The van der Waals surface area contributed by atoms with Gasteiger partial charge in [-0.05, 0) is 62.5 Å². The zero-order valence-corrected chi connectivity index (χ0v) is 23.0. The van der Waals surface area contributed by atoms with E-state index in [0.717, 1.165) is 0 Å². The first-order valence-corrected chi connectivity index (χ1v) is 12.9. The summed E-state index contributed by atoms with van der Waals surface area (Å²) in [6.45, 7) is 0. The molecule has 0 radical (unpaired) electrons. The fourth-order valence-electron chi connectivity index (χ4n) is 6.36. The van der Waals surface area contributed by atoms with E-state index in [-0.39, 0.29) is 29.5 Å². The van der Waals surface area contributed by atoms with Crippen LogP contribution >= 0.6 is 0 Å². The SMILES string of the molecule is CN(C)c1cc(C#Cc2ccccn2)c(O)c2c1C[C@@H]1C[C@@H]3[C@@H](N(C)C)C(O)=C(C(N)=O)C(=O)[C@]3(O)C(O)=C1C2=O. The second-order valence-corrected chi connectivity index (χ2v) is 11.0. The summed E-state index contributed by atoms with van der Waals surface area (Å²) < 4.78 is 0. The lowest BCUT2D eigenvalue weighted by atomic mass is 9.58. The monoisotopic (exact) mass is 558 g/mol. The van der Waals surface area contributed by atoms with E-state index in [1.165, 1.54) is 4.90 Å². The highest BCUT2D eigenvalue weighted by Gasteiger charge is 2.63. The largest absolute Gasteiger partial charge is 0.510 e. The number of phenols is 1. The van der Waals surface area contributed by atoms with E-state index in [9.17, 15) is 34.8 Å². The number of fused-ring (bicyclic) bond motifs is 3. The van der Waals surface area contributed by atoms with Gasteiger partial charge in [0.25, 0.3) is 5.91 Å². The van der Waals surface area contributed by atoms with Crippen LogP contribution < -0.4 is 10.6 Å². The molecule has 11 nitrogen and oxygen atoms in total. The fourth-order valence-corrected chi connectivity index (χ4v) is 6.36. The van der Waals surface area contributed by atoms with Crippen LogP contribution in [0.4, 0.5) is 5.69 Å². The molecule has 0 saturated heterocycles. The van der Waals surface area contributed by atoms with Gasteiger partial charge in [0.2, 0.25) is 5.78 Å². The summed E-state index contributed by atoms with van der Waals surface area (Å²) in [5.74, 6) is -1.25. The van der Waals surface area contributed by atoms with Crippen molar-refractivity contribution in [3.05, 3.63) is 75.5 Å². The van der Waals surface area contributed by atoms with E-state index in [4.69, 9.17) is 5.73 Å². The second-order valence-electron chi connectivity index (χ2n) is 11.0. The highest BCUT2D eigenvalue weighted by atomic mass is 16.3. The zero-order valence-electron chi connectivity index (χ0n) is 23.0. The molecule has 3 aliphatic carbocycles. The number of aromatic nitrogens is 1. The van der Waals surface area contributed by atoms with Crippen LogP contribution in [0.5, 0.6) is 5.75 Å². The van der Waals surface area contributed by atoms with Crippen molar-refractivity contribution in [2.75, 3.05) is 33.1 Å². The Balaban J connectivity index is 1.72. The molecule has 0 spiro atoms. The van der Waals surface area contributed by atoms with Gasteiger partial charge in [0.05, 0.1) is 17.2 Å². The number of phenolic OH excluding ortho intramolecular Hbond substituents is 1. The molecule has 41 heavy (non-hydrogen) atoms. The van der Waals surface area contributed by atoms with Crippen molar-refractivity contribution >= 4 is 23.2 Å². The van der Waals surface area contributed by atoms with Gasteiger partial charge < -0.3 is 31.1 Å². The van der Waals surface area contributed by atoms with Crippen LogP contribution in [0.1, 0.15) is 33.6 Å². The number of nitrogens with two attached hydrogens (primary N) is 1. The van der Waals surface area contributed by atoms with Crippen molar-refractivity contribution in [3.8, 4) is 17.6 Å². The first-order chi connectivity index (χ1) is 19.3. The Hall–Kier alpha value is -4.66. The maximum Gasteiger partial charge on any atom is 0.255 e. The highest BCUT2D eigenvalue weighted by molar-refractivity contribution is 6.25. The van der Waals surface area contributed by atoms with Gasteiger partial charge >= 0.3 is 0 Å². The predicted molar refractivity (Wildman–Crippen MR) is 148 cm³/mol. The van der Waals surface area contributed by atoms with Crippen LogP contribution in [-0.4, -0.2) is 87.6 Å². The molecule has 1 heterocycles. The molecule has 212 valence electrons. The average Bonchev–Trinajstić information content (AvgIpc) is 2.90. The van der Waals surface area contributed by atoms with Crippen LogP contribution in [-0.2, 0) is 16.0 Å². The number of likely N-dealkylation sites (N-methyl/N-ethyl adjacent to an activating group) is 1. The second kappa shape index (κ2) is 9.76. The smallest absolute Gasteiger partial charge is 0.255 e. The summed E-state index contributed by atoms with van der Waals surface area (Å²) in [6.07, 6.45) is 1.78. The van der Waals surface area contributed by atoms with Gasteiger partial charge in [0.1, 0.15) is 28.5 Å². The normalized spacial score (nSPS) is 25.3. The van der Waals surface area contributed by atoms with E-state index in [2.05, 4.69) is 16.8 Å². The Labute approximate surface area is 236 Å². The Morgan fingerprint density at radius 2 is 1.83 bits per heavy atom. The van der Waals surface area contributed by atoms with Crippen molar-refractivity contribution in [2.24, 2.45) is 17.6 Å². The number of carbonyl (C=O) groups is 3. The third-order valence-corrected chi connectivity index (χ3v) is 8.17. The number of hydrogen-bond acceptors (Lipinski definition) is 10. The number of Topliss-reactive ketones (excluding diaryl/α,β-unsaturated/α-hetero) is 2. The maximum absolute atomic E-state index is 14.1. The summed E-state index contributed by atoms with van der Waals surface area (Å²) in [5, 5.41) is 45.4. The number of carbonyl (C=O) groups excluding carboxylic acids is 3. The molecule has 1 aromatic carbocycles. The Bertz CT molecular complexity index is 1630. The van der Waals surface area contributed by atoms with Gasteiger partial charge in [-0.15, -0.1) is 0 Å². The minimum atomic E-state index is -2.69. The van der Waals surface area contributed by atoms with Crippen LogP contribution in [0.25, 0.3) is 0 Å². The molecule has 3 aliphatic rings. The number of allylic oxidation sites excluding steroid dienone is 1. The third kappa shape index (κ3) is 4.06. The maximum atomic E-state index is 14.1. The Morgan fingerprint density at radius 3 is 2.41 bits per heavy atom. The number of pyridine rings is 1. The standard InChI is InChI=1S/C30H30N4O7/c1-33(2)19-13-14(8-9-16-7-5-6-10-32-16)24(35)21-17(19)11-15-12-18-23(34(3)4)26(37)22(29(31)40)28(39)30(18,41)27(38)20(15)25(21)36/h5-7,10,13,15,18,23,35,37-38,41H,11-12H2,1-4H3,(H2,31,40)/t15-,18-,23-,30-/m1/s1. The van der Waals surface area contributed by atoms with E-state index in [1.807, 2.05) is 0 Å². The van der Waals surface area contributed by atoms with Gasteiger partial charge in [-0.25, -0.2) is 4.98 Å². The van der Waals surface area contributed by atoms with Crippen LogP contribution in [0.15, 0.2) is 53.1 Å². The summed E-state index contributed by atoms with van der Waals surface area (Å²) in [7, 11) is 6.74. The minimum absolute atomic E-state index is 0.0145. The molecule has 0 saturated carbocycles. The molecule has 6 N–H and O–H groups in total. The molecule has 1 aromatic heterocycles. The zero-order chi connectivity index (χ0) is 30.0. The van der Waals surface area contributed by atoms with Crippen molar-refractivity contribution in [2.45, 2.75) is 24.5 Å². The lowest BCUT2D eigenvalue weighted by molar-refractivity contribution is -0.148. The lowest BCUT2D eigenvalue weighted by Crippen LogP contribution is -2.63. The molecular weight excluding hydrogens is 528 g/mol. The fraction of sp³-hybridized carbons (Fsp3) is 0.333. The summed E-state index contributed by atoms with van der Waals surface area (Å²) in [4.78, 5) is 47.1. The third-order valence-electron chi connectivity index (χ3n) is 8.17. The minimum Gasteiger partial charge on any atom is -0.510 e. The molecule has 11 heteroatoms. The first-order valence-electron chi connectivity index (χ1n) is 12.9. The summed E-state index contributed by atoms with van der Waals surface area (Å²) >= 11 is 0. The van der Waals surface area contributed by atoms with E-state index in [1.54, 1.807) is 63.6 Å². The van der Waals surface area contributed by atoms with Crippen LogP contribution in [0.3, 0.4) is 0 Å². The van der Waals surface area contributed by atoms with Crippen molar-refractivity contribution in [1.82, 2.24) is 9.88 Å². The van der Waals surface area contributed by atoms with E-state index in [0.29, 0.717) is 16.9 Å². The number of anilines is 1. The molecule has 0 fully saturated rings. The first kappa shape index (κ1) is 27.9. The number of aromatic hydroxyl groups is 1. The Morgan fingerprint density at radius 1 is 1.12 bits per heavy atom. The lowest BCUT2D eigenvalue weighted by Gasteiger charge is -2.50. The molecule has 4 atom stereocenters. The Kier molecular flexibility index (Phi) is 6.64.